The zero-order valence-electron chi connectivity index (χ0n) is 14.0. The molecule has 0 aliphatic rings. The summed E-state index contributed by atoms with van der Waals surface area (Å²) in [4.78, 5) is 23.8. The number of esters is 1. The number of para-hydroxylation sites is 1. The molecule has 0 fully saturated rings. The van der Waals surface area contributed by atoms with Crippen LogP contribution in [0.4, 0.5) is 5.69 Å². The average molecular weight is 327 g/mol. The Labute approximate surface area is 141 Å². The van der Waals surface area contributed by atoms with Gasteiger partial charge in [0.05, 0.1) is 6.61 Å². The second-order valence-electron chi connectivity index (χ2n) is 5.31. The fraction of sp³-hybridized carbons (Fsp3) is 0.263. The molecule has 1 unspecified atom stereocenters. The Bertz CT molecular complexity index is 710. The largest absolute Gasteiger partial charge is 0.479 e. The van der Waals surface area contributed by atoms with Crippen molar-refractivity contribution in [2.24, 2.45) is 0 Å². The molecule has 5 nitrogen and oxygen atoms in total. The number of hydrogen-bond acceptors (Lipinski definition) is 4. The van der Waals surface area contributed by atoms with Gasteiger partial charge >= 0.3 is 5.97 Å². The quantitative estimate of drug-likeness (QED) is 0.824. The highest BCUT2D eigenvalue weighted by molar-refractivity contribution is 6.04. The summed E-state index contributed by atoms with van der Waals surface area (Å²) in [6.07, 6.45) is -0.698. The van der Waals surface area contributed by atoms with E-state index in [2.05, 4.69) is 5.32 Å². The first-order valence-corrected chi connectivity index (χ1v) is 7.81. The molecule has 0 saturated heterocycles. The van der Waals surface area contributed by atoms with Crippen LogP contribution in [-0.4, -0.2) is 24.6 Å². The third-order valence-corrected chi connectivity index (χ3v) is 3.44. The van der Waals surface area contributed by atoms with E-state index in [1.807, 2.05) is 31.2 Å². The minimum atomic E-state index is -0.698. The maximum atomic E-state index is 12.3. The Morgan fingerprint density at radius 2 is 1.75 bits per heavy atom. The number of amides is 1. The van der Waals surface area contributed by atoms with Gasteiger partial charge in [-0.05, 0) is 56.7 Å². The zero-order valence-corrected chi connectivity index (χ0v) is 14.0. The molecule has 126 valence electrons. The fourth-order valence-corrected chi connectivity index (χ4v) is 2.10. The normalized spacial score (nSPS) is 11.5. The second-order valence-corrected chi connectivity index (χ2v) is 5.31. The molecular weight excluding hydrogens is 306 g/mol. The highest BCUT2D eigenvalue weighted by Gasteiger charge is 2.16. The van der Waals surface area contributed by atoms with Crippen LogP contribution in [0.25, 0.3) is 0 Å². The van der Waals surface area contributed by atoms with Crippen molar-refractivity contribution >= 4 is 17.6 Å². The van der Waals surface area contributed by atoms with Crippen molar-refractivity contribution in [3.8, 4) is 5.75 Å². The topological polar surface area (TPSA) is 64.6 Å². The number of anilines is 1. The van der Waals surface area contributed by atoms with Gasteiger partial charge in [0.15, 0.2) is 6.10 Å². The minimum Gasteiger partial charge on any atom is -0.479 e. The van der Waals surface area contributed by atoms with Crippen LogP contribution in [0.3, 0.4) is 0 Å². The number of benzene rings is 2. The predicted molar refractivity (Wildman–Crippen MR) is 92.3 cm³/mol. The van der Waals surface area contributed by atoms with Gasteiger partial charge in [-0.3, -0.25) is 4.79 Å². The Hall–Kier alpha value is -2.82. The summed E-state index contributed by atoms with van der Waals surface area (Å²) in [5, 5.41) is 2.87. The molecular formula is C19H21NO4. The summed E-state index contributed by atoms with van der Waals surface area (Å²) in [5.41, 5.74) is 2.28. The van der Waals surface area contributed by atoms with Gasteiger partial charge < -0.3 is 14.8 Å². The smallest absolute Gasteiger partial charge is 0.347 e. The first kappa shape index (κ1) is 17.5. The zero-order chi connectivity index (χ0) is 17.5. The van der Waals surface area contributed by atoms with Crippen molar-refractivity contribution in [3.05, 3.63) is 59.7 Å². The van der Waals surface area contributed by atoms with E-state index in [9.17, 15) is 9.59 Å². The van der Waals surface area contributed by atoms with E-state index >= 15 is 0 Å². The lowest BCUT2D eigenvalue weighted by molar-refractivity contribution is -0.150. The molecule has 0 radical (unpaired) electrons. The number of nitrogens with one attached hydrogen (secondary N) is 1. The molecule has 0 bridgehead atoms. The van der Waals surface area contributed by atoms with Crippen molar-refractivity contribution in [2.45, 2.75) is 26.9 Å². The van der Waals surface area contributed by atoms with Gasteiger partial charge in [-0.2, -0.15) is 0 Å². The Balaban J connectivity index is 2.00. The van der Waals surface area contributed by atoms with Crippen molar-refractivity contribution in [1.82, 2.24) is 0 Å². The maximum Gasteiger partial charge on any atom is 0.347 e. The SMILES string of the molecule is CCOC(=O)C(C)Oc1ccc(C(=O)Nc2ccccc2C)cc1. The molecule has 0 spiro atoms. The van der Waals surface area contributed by atoms with Gasteiger partial charge in [-0.15, -0.1) is 0 Å². The van der Waals surface area contributed by atoms with Crippen LogP contribution in [0.5, 0.6) is 5.75 Å². The van der Waals surface area contributed by atoms with Gasteiger partial charge in [-0.1, -0.05) is 18.2 Å². The number of carbonyl (C=O) groups excluding carboxylic acids is 2. The summed E-state index contributed by atoms with van der Waals surface area (Å²) in [7, 11) is 0. The Kier molecular flexibility index (Phi) is 5.95. The lowest BCUT2D eigenvalue weighted by atomic mass is 10.1. The third-order valence-electron chi connectivity index (χ3n) is 3.44. The van der Waals surface area contributed by atoms with Crippen LogP contribution in [0.2, 0.25) is 0 Å². The second kappa shape index (κ2) is 8.15. The number of hydrogen-bond donors (Lipinski definition) is 1. The summed E-state index contributed by atoms with van der Waals surface area (Å²) in [6.45, 7) is 5.61. The van der Waals surface area contributed by atoms with E-state index in [-0.39, 0.29) is 5.91 Å². The molecule has 1 atom stereocenters. The summed E-state index contributed by atoms with van der Waals surface area (Å²) >= 11 is 0. The summed E-state index contributed by atoms with van der Waals surface area (Å²) in [6, 6.07) is 14.2. The molecule has 1 amide bonds. The minimum absolute atomic E-state index is 0.200. The van der Waals surface area contributed by atoms with Crippen LogP contribution < -0.4 is 10.1 Å². The number of ether oxygens (including phenoxy) is 2. The lowest BCUT2D eigenvalue weighted by Crippen LogP contribution is -2.26. The maximum absolute atomic E-state index is 12.3. The average Bonchev–Trinajstić information content (AvgIpc) is 2.57. The molecule has 5 heteroatoms. The molecule has 0 saturated carbocycles. The van der Waals surface area contributed by atoms with Gasteiger partial charge in [-0.25, -0.2) is 4.79 Å². The predicted octanol–water partition coefficient (Wildman–Crippen LogP) is 3.58. The molecule has 2 aromatic carbocycles. The molecule has 1 N–H and O–H groups in total. The van der Waals surface area contributed by atoms with E-state index in [4.69, 9.17) is 9.47 Å². The molecule has 2 rings (SSSR count). The monoisotopic (exact) mass is 327 g/mol. The van der Waals surface area contributed by atoms with Crippen molar-refractivity contribution in [3.63, 3.8) is 0 Å². The van der Waals surface area contributed by atoms with Gasteiger partial charge in [0.25, 0.3) is 5.91 Å². The fourth-order valence-electron chi connectivity index (χ4n) is 2.10. The number of aryl methyl sites for hydroxylation is 1. The highest BCUT2D eigenvalue weighted by atomic mass is 16.6. The van der Waals surface area contributed by atoms with E-state index < -0.39 is 12.1 Å². The van der Waals surface area contributed by atoms with Crippen LogP contribution in [0.15, 0.2) is 48.5 Å². The van der Waals surface area contributed by atoms with Crippen LogP contribution in [-0.2, 0) is 9.53 Å². The number of carbonyl (C=O) groups is 2. The standard InChI is InChI=1S/C19H21NO4/c1-4-23-19(22)14(3)24-16-11-9-15(10-12-16)18(21)20-17-8-6-5-7-13(17)2/h5-12,14H,4H2,1-3H3,(H,20,21). The van der Waals surface area contributed by atoms with Gasteiger partial charge in [0.2, 0.25) is 0 Å². The van der Waals surface area contributed by atoms with Crippen LogP contribution in [0.1, 0.15) is 29.8 Å². The Morgan fingerprint density at radius 1 is 1.08 bits per heavy atom. The first-order chi connectivity index (χ1) is 11.5. The van der Waals surface area contributed by atoms with Crippen LogP contribution in [0, 0.1) is 6.92 Å². The Morgan fingerprint density at radius 3 is 2.38 bits per heavy atom. The van der Waals surface area contributed by atoms with Gasteiger partial charge in [0, 0.05) is 11.3 Å². The van der Waals surface area contributed by atoms with Crippen LogP contribution >= 0.6 is 0 Å². The van der Waals surface area contributed by atoms with Gasteiger partial charge in [0.1, 0.15) is 5.75 Å². The van der Waals surface area contributed by atoms with Crippen molar-refractivity contribution < 1.29 is 19.1 Å². The van der Waals surface area contributed by atoms with Crippen molar-refractivity contribution in [1.29, 1.82) is 0 Å². The molecule has 0 aliphatic heterocycles. The van der Waals surface area contributed by atoms with E-state index in [1.165, 1.54) is 0 Å². The summed E-state index contributed by atoms with van der Waals surface area (Å²) in [5.74, 6) is -0.115. The van der Waals surface area contributed by atoms with E-state index in [0.29, 0.717) is 17.9 Å². The molecule has 0 aliphatic carbocycles. The molecule has 24 heavy (non-hydrogen) atoms. The number of rotatable bonds is 6. The summed E-state index contributed by atoms with van der Waals surface area (Å²) < 4.78 is 10.4. The molecule has 0 aromatic heterocycles. The van der Waals surface area contributed by atoms with Crippen molar-refractivity contribution in [2.75, 3.05) is 11.9 Å². The molecule has 0 heterocycles. The van der Waals surface area contributed by atoms with E-state index in [1.54, 1.807) is 38.1 Å². The highest BCUT2D eigenvalue weighted by Crippen LogP contribution is 2.17. The third kappa shape index (κ3) is 4.59. The lowest BCUT2D eigenvalue weighted by Gasteiger charge is -2.13. The van der Waals surface area contributed by atoms with E-state index in [0.717, 1.165) is 11.3 Å². The molecule has 2 aromatic rings. The first-order valence-electron chi connectivity index (χ1n) is 7.81.